The predicted octanol–water partition coefficient (Wildman–Crippen LogP) is 4.28. The Hall–Kier alpha value is -1.74. The number of anilines is 1. The molecular weight excluding hydrogens is 265 g/mol. The molecular formula is C15H13ClFNO. The average molecular weight is 278 g/mol. The van der Waals surface area contributed by atoms with Gasteiger partial charge in [-0.2, -0.15) is 0 Å². The van der Waals surface area contributed by atoms with Gasteiger partial charge in [0.15, 0.2) is 0 Å². The fourth-order valence-electron chi connectivity index (χ4n) is 2.58. The van der Waals surface area contributed by atoms with Crippen molar-refractivity contribution in [2.75, 3.05) is 5.32 Å². The summed E-state index contributed by atoms with van der Waals surface area (Å²) in [6, 6.07) is 9.95. The minimum atomic E-state index is -0.347. The van der Waals surface area contributed by atoms with Crippen molar-refractivity contribution in [1.29, 1.82) is 0 Å². The molecule has 0 aliphatic heterocycles. The second-order valence-electron chi connectivity index (χ2n) is 4.70. The van der Waals surface area contributed by atoms with E-state index in [1.54, 1.807) is 12.1 Å². The minimum absolute atomic E-state index is 0.102. The van der Waals surface area contributed by atoms with Gasteiger partial charge >= 0.3 is 0 Å². The number of hydrogen-bond donors (Lipinski definition) is 2. The number of rotatable bonds is 2. The molecule has 1 aliphatic rings. The van der Waals surface area contributed by atoms with E-state index in [0.29, 0.717) is 16.5 Å². The summed E-state index contributed by atoms with van der Waals surface area (Å²) in [7, 11) is 0. The molecule has 2 N–H and O–H groups in total. The fourth-order valence-corrected chi connectivity index (χ4v) is 2.80. The zero-order valence-corrected chi connectivity index (χ0v) is 10.9. The second kappa shape index (κ2) is 4.74. The highest BCUT2D eigenvalue weighted by Gasteiger charge is 2.24. The first-order chi connectivity index (χ1) is 9.15. The van der Waals surface area contributed by atoms with Gasteiger partial charge in [0.2, 0.25) is 0 Å². The Bertz CT molecular complexity index is 630. The van der Waals surface area contributed by atoms with Crippen LogP contribution in [-0.4, -0.2) is 5.11 Å². The number of benzene rings is 2. The molecule has 2 nitrogen and oxygen atoms in total. The maximum absolute atomic E-state index is 13.0. The lowest BCUT2D eigenvalue weighted by Gasteiger charge is -2.16. The maximum atomic E-state index is 13.0. The standard InChI is InChI=1S/C15H13ClFNO/c16-12-8-9(17)4-6-14(12)18-13-7-5-11-10(13)2-1-3-15(11)19/h1-4,6,8,13,18-19H,5,7H2. The lowest BCUT2D eigenvalue weighted by Crippen LogP contribution is -2.07. The van der Waals surface area contributed by atoms with Gasteiger partial charge in [0.1, 0.15) is 11.6 Å². The molecule has 0 heterocycles. The molecule has 1 aliphatic carbocycles. The van der Waals surface area contributed by atoms with Crippen molar-refractivity contribution < 1.29 is 9.50 Å². The monoisotopic (exact) mass is 277 g/mol. The molecule has 98 valence electrons. The number of aromatic hydroxyl groups is 1. The molecule has 1 unspecified atom stereocenters. The van der Waals surface area contributed by atoms with Crippen molar-refractivity contribution in [3.05, 3.63) is 58.4 Å². The van der Waals surface area contributed by atoms with Crippen LogP contribution in [0.5, 0.6) is 5.75 Å². The molecule has 19 heavy (non-hydrogen) atoms. The Morgan fingerprint density at radius 1 is 1.26 bits per heavy atom. The zero-order chi connectivity index (χ0) is 13.4. The molecule has 0 amide bonds. The van der Waals surface area contributed by atoms with Crippen LogP contribution in [-0.2, 0) is 6.42 Å². The van der Waals surface area contributed by atoms with E-state index >= 15 is 0 Å². The molecule has 0 radical (unpaired) electrons. The van der Waals surface area contributed by atoms with Crippen molar-refractivity contribution in [2.24, 2.45) is 0 Å². The molecule has 0 spiro atoms. The van der Waals surface area contributed by atoms with Crippen molar-refractivity contribution in [3.63, 3.8) is 0 Å². The van der Waals surface area contributed by atoms with Gasteiger partial charge in [-0.15, -0.1) is 0 Å². The number of phenolic OH excluding ortho intramolecular Hbond substituents is 1. The third-order valence-electron chi connectivity index (χ3n) is 3.51. The van der Waals surface area contributed by atoms with Crippen molar-refractivity contribution in [1.82, 2.24) is 0 Å². The summed E-state index contributed by atoms with van der Waals surface area (Å²) in [5.41, 5.74) is 2.78. The lowest BCUT2D eigenvalue weighted by atomic mass is 10.1. The second-order valence-corrected chi connectivity index (χ2v) is 5.11. The summed E-state index contributed by atoms with van der Waals surface area (Å²) in [5.74, 6) is -0.00739. The van der Waals surface area contributed by atoms with Crippen LogP contribution in [0.3, 0.4) is 0 Å². The molecule has 4 heteroatoms. The largest absolute Gasteiger partial charge is 0.508 e. The first-order valence-corrected chi connectivity index (χ1v) is 6.55. The highest BCUT2D eigenvalue weighted by Crippen LogP contribution is 2.39. The van der Waals surface area contributed by atoms with E-state index in [-0.39, 0.29) is 11.9 Å². The summed E-state index contributed by atoms with van der Waals surface area (Å²) in [6.45, 7) is 0. The third-order valence-corrected chi connectivity index (χ3v) is 3.82. The zero-order valence-electron chi connectivity index (χ0n) is 10.2. The minimum Gasteiger partial charge on any atom is -0.508 e. The van der Waals surface area contributed by atoms with Crippen LogP contribution in [0.4, 0.5) is 10.1 Å². The van der Waals surface area contributed by atoms with E-state index in [0.717, 1.165) is 24.0 Å². The van der Waals surface area contributed by atoms with E-state index in [9.17, 15) is 9.50 Å². The predicted molar refractivity (Wildman–Crippen MR) is 74.2 cm³/mol. The molecule has 0 saturated heterocycles. The molecule has 0 aromatic heterocycles. The van der Waals surface area contributed by atoms with Gasteiger partial charge in [-0.25, -0.2) is 4.39 Å². The van der Waals surface area contributed by atoms with Crippen LogP contribution >= 0.6 is 11.6 Å². The molecule has 3 rings (SSSR count). The van der Waals surface area contributed by atoms with Crippen LogP contribution in [0.15, 0.2) is 36.4 Å². The summed E-state index contributed by atoms with van der Waals surface area (Å²) >= 11 is 6.01. The Balaban J connectivity index is 1.89. The summed E-state index contributed by atoms with van der Waals surface area (Å²) in [5, 5.41) is 13.5. The Labute approximate surface area is 115 Å². The number of nitrogens with one attached hydrogen (secondary N) is 1. The SMILES string of the molecule is Oc1cccc2c1CCC2Nc1ccc(F)cc1Cl. The van der Waals surface area contributed by atoms with Crippen LogP contribution in [0, 0.1) is 5.82 Å². The third kappa shape index (κ3) is 2.26. The summed E-state index contributed by atoms with van der Waals surface area (Å²) < 4.78 is 13.0. The Morgan fingerprint density at radius 3 is 2.89 bits per heavy atom. The normalized spacial score (nSPS) is 17.3. The first kappa shape index (κ1) is 12.3. The van der Waals surface area contributed by atoms with Gasteiger partial charge < -0.3 is 10.4 Å². The topological polar surface area (TPSA) is 32.3 Å². The summed E-state index contributed by atoms with van der Waals surface area (Å²) in [6.07, 6.45) is 1.72. The van der Waals surface area contributed by atoms with E-state index < -0.39 is 0 Å². The van der Waals surface area contributed by atoms with Crippen molar-refractivity contribution >= 4 is 17.3 Å². The molecule has 1 atom stereocenters. The van der Waals surface area contributed by atoms with Crippen LogP contribution < -0.4 is 5.32 Å². The van der Waals surface area contributed by atoms with Crippen molar-refractivity contribution in [3.8, 4) is 5.75 Å². The number of fused-ring (bicyclic) bond motifs is 1. The van der Waals surface area contributed by atoms with E-state index in [1.165, 1.54) is 12.1 Å². The highest BCUT2D eigenvalue weighted by atomic mass is 35.5. The average Bonchev–Trinajstić information content (AvgIpc) is 2.78. The quantitative estimate of drug-likeness (QED) is 0.858. The molecule has 0 fully saturated rings. The molecule has 0 bridgehead atoms. The van der Waals surface area contributed by atoms with Gasteiger partial charge in [-0.3, -0.25) is 0 Å². The Morgan fingerprint density at radius 2 is 2.11 bits per heavy atom. The van der Waals surface area contributed by atoms with Crippen molar-refractivity contribution in [2.45, 2.75) is 18.9 Å². The van der Waals surface area contributed by atoms with Gasteiger partial charge in [-0.1, -0.05) is 23.7 Å². The van der Waals surface area contributed by atoms with Crippen LogP contribution in [0.2, 0.25) is 5.02 Å². The van der Waals surface area contributed by atoms with Gasteiger partial charge in [0, 0.05) is 0 Å². The molecule has 0 saturated carbocycles. The van der Waals surface area contributed by atoms with Gasteiger partial charge in [0.05, 0.1) is 16.8 Å². The van der Waals surface area contributed by atoms with Crippen LogP contribution in [0.25, 0.3) is 0 Å². The van der Waals surface area contributed by atoms with E-state index in [1.807, 2.05) is 12.1 Å². The number of phenols is 1. The lowest BCUT2D eigenvalue weighted by molar-refractivity contribution is 0.469. The number of halogens is 2. The van der Waals surface area contributed by atoms with Crippen LogP contribution in [0.1, 0.15) is 23.6 Å². The van der Waals surface area contributed by atoms with E-state index in [2.05, 4.69) is 5.32 Å². The van der Waals surface area contributed by atoms with Gasteiger partial charge in [-0.05, 0) is 48.2 Å². The number of hydrogen-bond acceptors (Lipinski definition) is 2. The Kier molecular flexibility index (Phi) is 3.07. The van der Waals surface area contributed by atoms with E-state index in [4.69, 9.17) is 11.6 Å². The smallest absolute Gasteiger partial charge is 0.124 e. The fraction of sp³-hybridized carbons (Fsp3) is 0.200. The summed E-state index contributed by atoms with van der Waals surface area (Å²) in [4.78, 5) is 0. The van der Waals surface area contributed by atoms with Gasteiger partial charge in [0.25, 0.3) is 0 Å². The molecule has 2 aromatic carbocycles. The maximum Gasteiger partial charge on any atom is 0.124 e. The highest BCUT2D eigenvalue weighted by molar-refractivity contribution is 6.33. The molecule has 2 aromatic rings. The first-order valence-electron chi connectivity index (χ1n) is 6.17.